The van der Waals surface area contributed by atoms with Crippen molar-refractivity contribution in [3.63, 3.8) is 0 Å². The van der Waals surface area contributed by atoms with Crippen molar-refractivity contribution in [1.29, 1.82) is 5.26 Å². The number of anilines is 1. The first kappa shape index (κ1) is 16.5. The molecule has 2 heterocycles. The molecule has 0 saturated heterocycles. The fraction of sp³-hybridized carbons (Fsp3) is 0.533. The van der Waals surface area contributed by atoms with Crippen LogP contribution in [-0.2, 0) is 17.8 Å². The topological polar surface area (TPSA) is 81.0 Å². The van der Waals surface area contributed by atoms with E-state index in [0.717, 1.165) is 36.8 Å². The van der Waals surface area contributed by atoms with E-state index >= 15 is 0 Å². The van der Waals surface area contributed by atoms with Crippen molar-refractivity contribution in [2.24, 2.45) is 0 Å². The third-order valence-electron chi connectivity index (χ3n) is 3.62. The molecule has 1 atom stereocenters. The number of hydrogen-bond acceptors (Lipinski definition) is 6. The monoisotopic (exact) mass is 319 g/mol. The molecule has 0 bridgehead atoms. The Hall–Kier alpha value is -1.91. The number of fused-ring (bicyclic) bond motifs is 1. The lowest BCUT2D eigenvalue weighted by molar-refractivity contribution is -0.117. The third kappa shape index (κ3) is 4.06. The number of nitrogens with zero attached hydrogens (tertiary/aromatic N) is 3. The lowest BCUT2D eigenvalue weighted by atomic mass is 10.2. The molecule has 1 aliphatic rings. The van der Waals surface area contributed by atoms with Gasteiger partial charge in [0.05, 0.1) is 5.69 Å². The minimum absolute atomic E-state index is 0.0481. The molecular formula is C15H21N5OS. The van der Waals surface area contributed by atoms with Crippen molar-refractivity contribution < 1.29 is 4.79 Å². The summed E-state index contributed by atoms with van der Waals surface area (Å²) in [6.45, 7) is 5.80. The Morgan fingerprint density at radius 1 is 1.64 bits per heavy atom. The first-order chi connectivity index (χ1) is 10.5. The number of nitrogens with one attached hydrogen (secondary N) is 2. The Kier molecular flexibility index (Phi) is 5.52. The largest absolute Gasteiger partial charge is 0.349 e. The van der Waals surface area contributed by atoms with Crippen molar-refractivity contribution in [2.75, 3.05) is 18.9 Å². The van der Waals surface area contributed by atoms with E-state index < -0.39 is 0 Å². The maximum atomic E-state index is 11.9. The zero-order valence-electron chi connectivity index (χ0n) is 13.1. The number of aromatic nitrogens is 1. The van der Waals surface area contributed by atoms with Crippen LogP contribution in [0.3, 0.4) is 0 Å². The lowest BCUT2D eigenvalue weighted by Crippen LogP contribution is -2.33. The SMILES string of the molecule is CCC(C)NC(=O)/C(C#N)=C\Nc1nc2c(s1)CN(C)CC2. The second-order valence-corrected chi connectivity index (χ2v) is 6.56. The summed E-state index contributed by atoms with van der Waals surface area (Å²) >= 11 is 1.57. The average Bonchev–Trinajstić information content (AvgIpc) is 2.89. The van der Waals surface area contributed by atoms with Gasteiger partial charge in [0, 0.05) is 36.6 Å². The zero-order valence-corrected chi connectivity index (χ0v) is 14.0. The molecule has 2 rings (SSSR count). The number of likely N-dealkylation sites (N-methyl/N-ethyl adjacent to an activating group) is 1. The van der Waals surface area contributed by atoms with Gasteiger partial charge in [-0.15, -0.1) is 11.3 Å². The molecule has 22 heavy (non-hydrogen) atoms. The predicted octanol–water partition coefficient (Wildman–Crippen LogP) is 1.87. The molecule has 1 aromatic heterocycles. The molecule has 0 fully saturated rings. The first-order valence-electron chi connectivity index (χ1n) is 7.38. The highest BCUT2D eigenvalue weighted by atomic mass is 32.1. The highest BCUT2D eigenvalue weighted by Gasteiger charge is 2.18. The molecule has 0 aromatic carbocycles. The van der Waals surface area contributed by atoms with Gasteiger partial charge in [-0.2, -0.15) is 5.26 Å². The van der Waals surface area contributed by atoms with Gasteiger partial charge >= 0.3 is 0 Å². The van der Waals surface area contributed by atoms with Crippen LogP contribution in [-0.4, -0.2) is 35.4 Å². The molecule has 7 heteroatoms. The number of carbonyl (C=O) groups is 1. The summed E-state index contributed by atoms with van der Waals surface area (Å²) in [5.74, 6) is -0.356. The molecule has 1 aromatic rings. The number of hydrogen-bond donors (Lipinski definition) is 2. The molecule has 6 nitrogen and oxygen atoms in total. The van der Waals surface area contributed by atoms with Crippen LogP contribution in [0.25, 0.3) is 0 Å². The van der Waals surface area contributed by atoms with Crippen LogP contribution in [0.1, 0.15) is 30.8 Å². The van der Waals surface area contributed by atoms with E-state index in [-0.39, 0.29) is 17.5 Å². The smallest absolute Gasteiger partial charge is 0.263 e. The van der Waals surface area contributed by atoms with E-state index in [9.17, 15) is 4.79 Å². The van der Waals surface area contributed by atoms with E-state index in [0.29, 0.717) is 0 Å². The molecular weight excluding hydrogens is 298 g/mol. The molecule has 1 aliphatic heterocycles. The molecule has 1 amide bonds. The number of thiazole rings is 1. The third-order valence-corrected chi connectivity index (χ3v) is 4.63. The van der Waals surface area contributed by atoms with Gasteiger partial charge in [-0.25, -0.2) is 4.98 Å². The van der Waals surface area contributed by atoms with Gasteiger partial charge in [0.2, 0.25) is 0 Å². The van der Waals surface area contributed by atoms with E-state index in [4.69, 9.17) is 5.26 Å². The highest BCUT2D eigenvalue weighted by Crippen LogP contribution is 2.27. The van der Waals surface area contributed by atoms with E-state index in [1.165, 1.54) is 11.1 Å². The normalized spacial score (nSPS) is 16.5. The Labute approximate surface area is 134 Å². The summed E-state index contributed by atoms with van der Waals surface area (Å²) in [5, 5.41) is 15.6. The molecule has 118 valence electrons. The van der Waals surface area contributed by atoms with Gasteiger partial charge in [0.15, 0.2) is 5.13 Å². The van der Waals surface area contributed by atoms with Gasteiger partial charge < -0.3 is 15.5 Å². The number of nitriles is 1. The number of carbonyl (C=O) groups excluding carboxylic acids is 1. The van der Waals surface area contributed by atoms with Crippen LogP contribution in [0.5, 0.6) is 0 Å². The molecule has 0 radical (unpaired) electrons. The van der Waals surface area contributed by atoms with Crippen molar-refractivity contribution in [3.05, 3.63) is 22.3 Å². The van der Waals surface area contributed by atoms with Crippen molar-refractivity contribution >= 4 is 22.4 Å². The molecule has 0 aliphatic carbocycles. The van der Waals surface area contributed by atoms with Gasteiger partial charge in [-0.1, -0.05) is 6.92 Å². The second-order valence-electron chi connectivity index (χ2n) is 5.47. The Morgan fingerprint density at radius 2 is 2.41 bits per heavy atom. The summed E-state index contributed by atoms with van der Waals surface area (Å²) < 4.78 is 0. The van der Waals surface area contributed by atoms with E-state index in [1.54, 1.807) is 11.3 Å². The first-order valence-corrected chi connectivity index (χ1v) is 8.20. The maximum absolute atomic E-state index is 11.9. The number of rotatable bonds is 5. The quantitative estimate of drug-likeness (QED) is 0.639. The van der Waals surface area contributed by atoms with Crippen molar-refractivity contribution in [3.8, 4) is 6.07 Å². The van der Waals surface area contributed by atoms with Crippen LogP contribution in [0, 0.1) is 11.3 Å². The summed E-state index contributed by atoms with van der Waals surface area (Å²) in [7, 11) is 2.09. The fourth-order valence-electron chi connectivity index (χ4n) is 2.07. The predicted molar refractivity (Wildman–Crippen MR) is 87.4 cm³/mol. The maximum Gasteiger partial charge on any atom is 0.263 e. The molecule has 0 spiro atoms. The van der Waals surface area contributed by atoms with Gasteiger partial charge in [0.1, 0.15) is 11.6 Å². The van der Waals surface area contributed by atoms with E-state index in [1.807, 2.05) is 19.9 Å². The van der Waals surface area contributed by atoms with Crippen LogP contribution >= 0.6 is 11.3 Å². The zero-order chi connectivity index (χ0) is 16.1. The minimum atomic E-state index is -0.356. The van der Waals surface area contributed by atoms with Crippen molar-refractivity contribution in [2.45, 2.75) is 39.3 Å². The van der Waals surface area contributed by atoms with Crippen LogP contribution in [0.4, 0.5) is 5.13 Å². The van der Waals surface area contributed by atoms with Gasteiger partial charge in [0.25, 0.3) is 5.91 Å². The van der Waals surface area contributed by atoms with Crippen LogP contribution in [0.15, 0.2) is 11.8 Å². The van der Waals surface area contributed by atoms with E-state index in [2.05, 4.69) is 27.6 Å². The highest BCUT2D eigenvalue weighted by molar-refractivity contribution is 7.15. The summed E-state index contributed by atoms with van der Waals surface area (Å²) in [6.07, 6.45) is 3.20. The van der Waals surface area contributed by atoms with Gasteiger partial charge in [-0.3, -0.25) is 4.79 Å². The summed E-state index contributed by atoms with van der Waals surface area (Å²) in [4.78, 5) is 20.0. The Morgan fingerprint density at radius 3 is 3.09 bits per heavy atom. The molecule has 0 saturated carbocycles. The second kappa shape index (κ2) is 7.38. The Bertz CT molecular complexity index is 616. The minimum Gasteiger partial charge on any atom is -0.349 e. The summed E-state index contributed by atoms with van der Waals surface area (Å²) in [5.41, 5.74) is 1.17. The standard InChI is InChI=1S/C15H21N5OS/c1-4-10(2)18-14(21)11(7-16)8-17-15-19-12-5-6-20(3)9-13(12)22-15/h8,10H,4-6,9H2,1-3H3,(H,17,19)(H,18,21)/b11-8-. The van der Waals surface area contributed by atoms with Crippen LogP contribution in [0.2, 0.25) is 0 Å². The molecule has 2 N–H and O–H groups in total. The Balaban J connectivity index is 2.03. The average molecular weight is 319 g/mol. The fourth-order valence-corrected chi connectivity index (χ4v) is 3.13. The number of amides is 1. The molecule has 1 unspecified atom stereocenters. The van der Waals surface area contributed by atoms with Gasteiger partial charge in [-0.05, 0) is 20.4 Å². The summed E-state index contributed by atoms with van der Waals surface area (Å²) in [6, 6.07) is 1.97. The van der Waals surface area contributed by atoms with Crippen LogP contribution < -0.4 is 10.6 Å². The lowest BCUT2D eigenvalue weighted by Gasteiger charge is -2.20. The van der Waals surface area contributed by atoms with Crippen molar-refractivity contribution in [1.82, 2.24) is 15.2 Å².